The van der Waals surface area contributed by atoms with E-state index in [0.717, 1.165) is 22.2 Å². The number of hydrogen-bond acceptors (Lipinski definition) is 5. The van der Waals surface area contributed by atoms with Crippen molar-refractivity contribution in [3.63, 3.8) is 0 Å². The van der Waals surface area contributed by atoms with E-state index in [1.165, 1.54) is 6.92 Å². The van der Waals surface area contributed by atoms with Gasteiger partial charge in [-0.2, -0.15) is 0 Å². The van der Waals surface area contributed by atoms with Crippen LogP contribution in [0.4, 0.5) is 0 Å². The number of thioether (sulfide) groups is 1. The predicted molar refractivity (Wildman–Crippen MR) is 94.2 cm³/mol. The van der Waals surface area contributed by atoms with Crippen LogP contribution in [0.25, 0.3) is 6.08 Å². The van der Waals surface area contributed by atoms with E-state index in [-0.39, 0.29) is 10.2 Å². The fraction of sp³-hybridized carbons (Fsp3) is 0.188. The summed E-state index contributed by atoms with van der Waals surface area (Å²) in [6.45, 7) is 5.43. The van der Waals surface area contributed by atoms with Gasteiger partial charge in [-0.25, -0.2) is 4.79 Å². The topological polar surface area (TPSA) is 66.8 Å². The number of aliphatic carboxylic acids is 1. The summed E-state index contributed by atoms with van der Waals surface area (Å²) in [6, 6.07) is 6.21. The lowest BCUT2D eigenvalue weighted by Crippen LogP contribution is -2.41. The Kier molecular flexibility index (Phi) is 5.57. The number of rotatable bonds is 6. The summed E-state index contributed by atoms with van der Waals surface area (Å²) < 4.78 is 5.64. The summed E-state index contributed by atoms with van der Waals surface area (Å²) in [5, 5.41) is 9.05. The number of nitrogens with zero attached hydrogens (tertiary/aromatic N) is 1. The van der Waals surface area contributed by atoms with E-state index in [1.54, 1.807) is 24.3 Å². The van der Waals surface area contributed by atoms with Crippen LogP contribution in [0, 0.1) is 0 Å². The lowest BCUT2D eigenvalue weighted by molar-refractivity contribution is -0.144. The minimum Gasteiger partial charge on any atom is -0.490 e. The Bertz CT molecular complexity index is 682. The summed E-state index contributed by atoms with van der Waals surface area (Å²) in [4.78, 5) is 24.9. The molecule has 1 aromatic carbocycles. The van der Waals surface area contributed by atoms with E-state index < -0.39 is 12.0 Å². The molecule has 1 aliphatic heterocycles. The van der Waals surface area contributed by atoms with Crippen molar-refractivity contribution >= 4 is 46.3 Å². The van der Waals surface area contributed by atoms with Crippen molar-refractivity contribution < 1.29 is 19.4 Å². The van der Waals surface area contributed by atoms with Crippen LogP contribution in [0.1, 0.15) is 12.5 Å². The van der Waals surface area contributed by atoms with Crippen molar-refractivity contribution in [2.75, 3.05) is 6.61 Å². The van der Waals surface area contributed by atoms with Crippen LogP contribution in [0.5, 0.6) is 5.75 Å². The van der Waals surface area contributed by atoms with Gasteiger partial charge in [0.1, 0.15) is 22.7 Å². The molecule has 0 aliphatic carbocycles. The number of carbonyl (C=O) groups is 2. The highest BCUT2D eigenvalue weighted by Crippen LogP contribution is 2.34. The van der Waals surface area contributed by atoms with E-state index in [9.17, 15) is 9.59 Å². The number of thiocarbonyl (C=S) groups is 1. The van der Waals surface area contributed by atoms with Crippen molar-refractivity contribution in [2.24, 2.45) is 0 Å². The van der Waals surface area contributed by atoms with Gasteiger partial charge in [-0.05, 0) is 30.7 Å². The summed E-state index contributed by atoms with van der Waals surface area (Å²) in [5.41, 5.74) is 0.805. The highest BCUT2D eigenvalue weighted by atomic mass is 32.2. The smallest absolute Gasteiger partial charge is 0.326 e. The molecule has 1 aliphatic rings. The molecule has 0 aromatic heterocycles. The first-order valence-electron chi connectivity index (χ1n) is 6.77. The molecule has 1 N–H and O–H groups in total. The maximum atomic E-state index is 12.3. The summed E-state index contributed by atoms with van der Waals surface area (Å²) >= 11 is 6.21. The SMILES string of the molecule is C=CCOc1ccc(C=C2SC(=S)N(C(C)C(=O)O)C2=O)cc1. The standard InChI is InChI=1S/C16H15NO4S2/c1-3-8-21-12-6-4-11(5-7-12)9-13-14(18)17(16(22)23-13)10(2)15(19)20/h3-7,9-10H,1,8H2,2H3,(H,19,20). The van der Waals surface area contributed by atoms with E-state index in [2.05, 4.69) is 6.58 Å². The molecule has 1 amide bonds. The molecule has 1 heterocycles. The van der Waals surface area contributed by atoms with Crippen LogP contribution in [0.2, 0.25) is 0 Å². The molecule has 5 nitrogen and oxygen atoms in total. The first-order valence-corrected chi connectivity index (χ1v) is 8.00. The molecule has 7 heteroatoms. The van der Waals surface area contributed by atoms with Crippen molar-refractivity contribution in [2.45, 2.75) is 13.0 Å². The van der Waals surface area contributed by atoms with Crippen LogP contribution in [0.15, 0.2) is 41.8 Å². The van der Waals surface area contributed by atoms with Crippen LogP contribution >= 0.6 is 24.0 Å². The van der Waals surface area contributed by atoms with Gasteiger partial charge in [-0.3, -0.25) is 9.69 Å². The molecule has 23 heavy (non-hydrogen) atoms. The molecule has 0 spiro atoms. The Hall–Kier alpha value is -2.12. The fourth-order valence-electron chi connectivity index (χ4n) is 1.89. The molecule has 1 fully saturated rings. The molecule has 0 bridgehead atoms. The number of hydrogen-bond donors (Lipinski definition) is 1. The molecule has 1 unspecified atom stereocenters. The molecule has 2 rings (SSSR count). The van der Waals surface area contributed by atoms with Crippen molar-refractivity contribution in [1.82, 2.24) is 4.90 Å². The number of carboxylic acids is 1. The van der Waals surface area contributed by atoms with Crippen LogP contribution < -0.4 is 4.74 Å². The fourth-order valence-corrected chi connectivity index (χ4v) is 3.31. The number of benzene rings is 1. The van der Waals surface area contributed by atoms with E-state index in [0.29, 0.717) is 17.3 Å². The van der Waals surface area contributed by atoms with Gasteiger partial charge < -0.3 is 9.84 Å². The first-order chi connectivity index (χ1) is 10.9. The minimum atomic E-state index is -1.09. The van der Waals surface area contributed by atoms with Gasteiger partial charge in [0, 0.05) is 0 Å². The van der Waals surface area contributed by atoms with Gasteiger partial charge in [0.15, 0.2) is 0 Å². The van der Waals surface area contributed by atoms with Crippen LogP contribution in [-0.2, 0) is 9.59 Å². The quantitative estimate of drug-likeness (QED) is 0.484. The number of amides is 1. The van der Waals surface area contributed by atoms with Crippen LogP contribution in [-0.4, -0.2) is 38.9 Å². The lowest BCUT2D eigenvalue weighted by Gasteiger charge is -2.18. The Labute approximate surface area is 143 Å². The van der Waals surface area contributed by atoms with E-state index >= 15 is 0 Å². The van der Waals surface area contributed by atoms with Gasteiger partial charge in [0.05, 0.1) is 4.91 Å². The van der Waals surface area contributed by atoms with Crippen LogP contribution in [0.3, 0.4) is 0 Å². The molecule has 0 saturated carbocycles. The molecule has 120 valence electrons. The third-order valence-corrected chi connectivity index (χ3v) is 4.44. The first kappa shape index (κ1) is 17.2. The predicted octanol–water partition coefficient (Wildman–Crippen LogP) is 2.93. The molecule has 0 radical (unpaired) electrons. The van der Waals surface area contributed by atoms with Gasteiger partial charge >= 0.3 is 5.97 Å². The number of carboxylic acid groups (broad SMARTS) is 1. The van der Waals surface area contributed by atoms with E-state index in [4.69, 9.17) is 22.1 Å². The number of carbonyl (C=O) groups excluding carboxylic acids is 1. The summed E-state index contributed by atoms with van der Waals surface area (Å²) in [5.74, 6) is -0.776. The van der Waals surface area contributed by atoms with Gasteiger partial charge in [0.25, 0.3) is 5.91 Å². The second-order valence-electron chi connectivity index (χ2n) is 4.73. The Balaban J connectivity index is 2.17. The zero-order valence-corrected chi connectivity index (χ0v) is 14.0. The van der Waals surface area contributed by atoms with Crippen molar-refractivity contribution in [1.29, 1.82) is 0 Å². The molecular weight excluding hydrogens is 334 g/mol. The Morgan fingerprint density at radius 2 is 2.13 bits per heavy atom. The summed E-state index contributed by atoms with van der Waals surface area (Å²) in [6.07, 6.45) is 3.34. The normalized spacial score (nSPS) is 17.4. The average molecular weight is 349 g/mol. The highest BCUT2D eigenvalue weighted by Gasteiger charge is 2.38. The zero-order valence-electron chi connectivity index (χ0n) is 12.4. The third kappa shape index (κ3) is 4.00. The third-order valence-electron chi connectivity index (χ3n) is 3.11. The zero-order chi connectivity index (χ0) is 17.0. The average Bonchev–Trinajstić information content (AvgIpc) is 2.80. The van der Waals surface area contributed by atoms with Crippen molar-refractivity contribution in [3.8, 4) is 5.75 Å². The maximum absolute atomic E-state index is 12.3. The maximum Gasteiger partial charge on any atom is 0.326 e. The second-order valence-corrected chi connectivity index (χ2v) is 6.41. The lowest BCUT2D eigenvalue weighted by atomic mass is 10.2. The Morgan fingerprint density at radius 1 is 1.48 bits per heavy atom. The van der Waals surface area contributed by atoms with Gasteiger partial charge in [0.2, 0.25) is 0 Å². The van der Waals surface area contributed by atoms with Gasteiger partial charge in [-0.15, -0.1) is 0 Å². The second kappa shape index (κ2) is 7.43. The highest BCUT2D eigenvalue weighted by molar-refractivity contribution is 8.26. The molecular formula is C16H15NO4S2. The molecule has 1 atom stereocenters. The largest absolute Gasteiger partial charge is 0.490 e. The Morgan fingerprint density at radius 3 is 2.70 bits per heavy atom. The van der Waals surface area contributed by atoms with Gasteiger partial charge in [-0.1, -0.05) is 48.8 Å². The monoisotopic (exact) mass is 349 g/mol. The molecule has 1 aromatic rings. The minimum absolute atomic E-state index is 0.252. The van der Waals surface area contributed by atoms with Crippen molar-refractivity contribution in [3.05, 3.63) is 47.4 Å². The summed E-state index contributed by atoms with van der Waals surface area (Å²) in [7, 11) is 0. The number of ether oxygens (including phenoxy) is 1. The van der Waals surface area contributed by atoms with E-state index in [1.807, 2.05) is 12.1 Å². The molecule has 1 saturated heterocycles.